The van der Waals surface area contributed by atoms with E-state index >= 15 is 0 Å². The van der Waals surface area contributed by atoms with Crippen molar-refractivity contribution in [2.45, 2.75) is 38.6 Å². The lowest BCUT2D eigenvalue weighted by atomic mass is 9.92. The number of amides is 4. The van der Waals surface area contributed by atoms with Crippen LogP contribution in [0.3, 0.4) is 0 Å². The van der Waals surface area contributed by atoms with Crippen LogP contribution in [0.1, 0.15) is 38.7 Å². The molecule has 0 aliphatic carbocycles. The van der Waals surface area contributed by atoms with E-state index in [0.29, 0.717) is 17.1 Å². The van der Waals surface area contributed by atoms with E-state index in [1.54, 1.807) is 19.1 Å². The molecule has 1 aliphatic rings. The summed E-state index contributed by atoms with van der Waals surface area (Å²) >= 11 is 12.1. The Morgan fingerprint density at radius 3 is 2.64 bits per heavy atom. The Labute approximate surface area is 156 Å². The van der Waals surface area contributed by atoms with Gasteiger partial charge in [0.15, 0.2) is 0 Å². The van der Waals surface area contributed by atoms with Gasteiger partial charge >= 0.3 is 6.03 Å². The number of unbranched alkanes of at least 4 members (excludes halogenated alkanes) is 2. The van der Waals surface area contributed by atoms with Gasteiger partial charge in [-0.1, -0.05) is 49.0 Å². The van der Waals surface area contributed by atoms with E-state index in [1.165, 1.54) is 6.07 Å². The van der Waals surface area contributed by atoms with Crippen LogP contribution in [0.15, 0.2) is 18.2 Å². The highest BCUT2D eigenvalue weighted by molar-refractivity contribution is 6.35. The summed E-state index contributed by atoms with van der Waals surface area (Å²) in [7, 11) is 0. The number of benzene rings is 1. The van der Waals surface area contributed by atoms with Crippen LogP contribution in [0.2, 0.25) is 10.0 Å². The highest BCUT2D eigenvalue weighted by atomic mass is 35.5. The Balaban J connectivity index is 2.09. The van der Waals surface area contributed by atoms with Crippen molar-refractivity contribution in [3.63, 3.8) is 0 Å². The fourth-order valence-corrected chi connectivity index (χ4v) is 3.32. The molecule has 6 nitrogen and oxygen atoms in total. The maximum atomic E-state index is 12.8. The van der Waals surface area contributed by atoms with Crippen molar-refractivity contribution < 1.29 is 14.4 Å². The molecule has 1 aliphatic heterocycles. The number of hydrogen-bond acceptors (Lipinski definition) is 3. The monoisotopic (exact) mass is 385 g/mol. The first kappa shape index (κ1) is 19.5. The second-order valence-corrected chi connectivity index (χ2v) is 6.97. The van der Waals surface area contributed by atoms with Gasteiger partial charge in [0.05, 0.1) is 0 Å². The largest absolute Gasteiger partial charge is 0.355 e. The van der Waals surface area contributed by atoms with Gasteiger partial charge in [0.25, 0.3) is 5.91 Å². The number of carbonyl (C=O) groups excluding carboxylic acids is 3. The average Bonchev–Trinajstić information content (AvgIpc) is 2.75. The number of halogens is 2. The number of urea groups is 1. The molecule has 0 radical (unpaired) electrons. The third-order valence-corrected chi connectivity index (χ3v) is 4.70. The van der Waals surface area contributed by atoms with Crippen molar-refractivity contribution in [3.05, 3.63) is 33.8 Å². The van der Waals surface area contributed by atoms with Crippen molar-refractivity contribution in [2.24, 2.45) is 0 Å². The highest BCUT2D eigenvalue weighted by Gasteiger charge is 2.50. The van der Waals surface area contributed by atoms with Gasteiger partial charge in [-0.2, -0.15) is 0 Å². The molecule has 1 fully saturated rings. The van der Waals surface area contributed by atoms with Gasteiger partial charge in [0.2, 0.25) is 5.91 Å². The minimum Gasteiger partial charge on any atom is -0.355 e. The van der Waals surface area contributed by atoms with Crippen molar-refractivity contribution in [1.29, 1.82) is 0 Å². The van der Waals surface area contributed by atoms with E-state index < -0.39 is 17.5 Å². The Hall–Kier alpha value is -1.79. The van der Waals surface area contributed by atoms with E-state index in [9.17, 15) is 14.4 Å². The van der Waals surface area contributed by atoms with E-state index in [1.807, 2.05) is 0 Å². The molecule has 1 atom stereocenters. The van der Waals surface area contributed by atoms with Gasteiger partial charge in [-0.05, 0) is 25.5 Å². The van der Waals surface area contributed by atoms with E-state index in [0.717, 1.165) is 24.2 Å². The van der Waals surface area contributed by atoms with Crippen LogP contribution < -0.4 is 10.6 Å². The summed E-state index contributed by atoms with van der Waals surface area (Å²) in [6.07, 6.45) is 2.92. The van der Waals surface area contributed by atoms with Gasteiger partial charge in [-0.25, -0.2) is 4.79 Å². The lowest BCUT2D eigenvalue weighted by molar-refractivity contribution is -0.134. The molecule has 0 unspecified atom stereocenters. The number of imide groups is 1. The van der Waals surface area contributed by atoms with Gasteiger partial charge in [0, 0.05) is 22.2 Å². The molecule has 4 amide bonds. The predicted molar refractivity (Wildman–Crippen MR) is 96.6 cm³/mol. The SMILES string of the molecule is CCCCCNC(=O)CN1C(=O)N[C@](C)(c2ccc(Cl)cc2Cl)C1=O. The molecule has 1 aromatic rings. The van der Waals surface area contributed by atoms with Crippen molar-refractivity contribution >= 4 is 41.0 Å². The Morgan fingerprint density at radius 2 is 2.00 bits per heavy atom. The molecule has 136 valence electrons. The van der Waals surface area contributed by atoms with Crippen LogP contribution in [0.5, 0.6) is 0 Å². The molecule has 0 bridgehead atoms. The summed E-state index contributed by atoms with van der Waals surface area (Å²) < 4.78 is 0. The summed E-state index contributed by atoms with van der Waals surface area (Å²) in [5.41, 5.74) is -0.899. The van der Waals surface area contributed by atoms with Crippen molar-refractivity contribution in [1.82, 2.24) is 15.5 Å². The molecule has 0 saturated carbocycles. The molecular weight excluding hydrogens is 365 g/mol. The average molecular weight is 386 g/mol. The van der Waals surface area contributed by atoms with Crippen LogP contribution in [0.25, 0.3) is 0 Å². The summed E-state index contributed by atoms with van der Waals surface area (Å²) in [4.78, 5) is 37.9. The van der Waals surface area contributed by atoms with Crippen LogP contribution in [0, 0.1) is 0 Å². The third-order valence-electron chi connectivity index (χ3n) is 4.15. The first-order valence-electron chi connectivity index (χ1n) is 8.16. The maximum Gasteiger partial charge on any atom is 0.325 e. The number of rotatable bonds is 7. The lowest BCUT2D eigenvalue weighted by Gasteiger charge is -2.23. The molecule has 0 aromatic heterocycles. The van der Waals surface area contributed by atoms with Gasteiger partial charge in [-0.15, -0.1) is 0 Å². The Kier molecular flexibility index (Phi) is 6.30. The van der Waals surface area contributed by atoms with Gasteiger partial charge in [-0.3, -0.25) is 14.5 Å². The molecule has 2 N–H and O–H groups in total. The zero-order chi connectivity index (χ0) is 18.6. The van der Waals surface area contributed by atoms with E-state index in [-0.39, 0.29) is 17.5 Å². The van der Waals surface area contributed by atoms with Crippen molar-refractivity contribution in [2.75, 3.05) is 13.1 Å². The molecule has 1 heterocycles. The minimum absolute atomic E-state index is 0.273. The van der Waals surface area contributed by atoms with E-state index in [4.69, 9.17) is 23.2 Å². The van der Waals surface area contributed by atoms with Gasteiger partial charge in [0.1, 0.15) is 12.1 Å². The zero-order valence-corrected chi connectivity index (χ0v) is 15.7. The standard InChI is InChI=1S/C17H21Cl2N3O3/c1-3-4-5-8-20-14(23)10-22-15(24)17(2,21-16(22)25)12-7-6-11(18)9-13(12)19/h6-7,9H,3-5,8,10H2,1-2H3,(H,20,23)(H,21,25)/t17-/m1/s1. The van der Waals surface area contributed by atoms with Crippen LogP contribution >= 0.6 is 23.2 Å². The highest BCUT2D eigenvalue weighted by Crippen LogP contribution is 2.34. The number of carbonyl (C=O) groups is 3. The minimum atomic E-state index is -1.33. The van der Waals surface area contributed by atoms with Crippen LogP contribution in [-0.2, 0) is 15.1 Å². The summed E-state index contributed by atoms with van der Waals surface area (Å²) in [5.74, 6) is -0.892. The zero-order valence-electron chi connectivity index (χ0n) is 14.2. The molecule has 0 spiro atoms. The quantitative estimate of drug-likeness (QED) is 0.559. The molecule has 8 heteroatoms. The second kappa shape index (κ2) is 8.06. The van der Waals surface area contributed by atoms with E-state index in [2.05, 4.69) is 17.6 Å². The Morgan fingerprint density at radius 1 is 1.28 bits per heavy atom. The smallest absolute Gasteiger partial charge is 0.325 e. The number of nitrogens with zero attached hydrogens (tertiary/aromatic N) is 1. The van der Waals surface area contributed by atoms with Crippen molar-refractivity contribution in [3.8, 4) is 0 Å². The Bertz CT molecular complexity index is 696. The number of nitrogens with one attached hydrogen (secondary N) is 2. The third kappa shape index (κ3) is 4.25. The summed E-state index contributed by atoms with van der Waals surface area (Å²) in [6, 6.07) is 4.07. The fraction of sp³-hybridized carbons (Fsp3) is 0.471. The summed E-state index contributed by atoms with van der Waals surface area (Å²) in [6.45, 7) is 3.83. The molecule has 25 heavy (non-hydrogen) atoms. The molecule has 1 aromatic carbocycles. The predicted octanol–water partition coefficient (Wildman–Crippen LogP) is 3.07. The lowest BCUT2D eigenvalue weighted by Crippen LogP contribution is -2.43. The molecule has 2 rings (SSSR count). The first-order valence-corrected chi connectivity index (χ1v) is 8.91. The van der Waals surface area contributed by atoms with Crippen LogP contribution in [0.4, 0.5) is 4.79 Å². The molecule has 1 saturated heterocycles. The number of hydrogen-bond donors (Lipinski definition) is 2. The normalized spacial score (nSPS) is 19.9. The maximum absolute atomic E-state index is 12.8. The topological polar surface area (TPSA) is 78.5 Å². The first-order chi connectivity index (χ1) is 11.8. The molecular formula is C17H21Cl2N3O3. The van der Waals surface area contributed by atoms with Crippen LogP contribution in [-0.4, -0.2) is 35.8 Å². The summed E-state index contributed by atoms with van der Waals surface area (Å²) in [5, 5.41) is 6.03. The fourth-order valence-electron chi connectivity index (χ4n) is 2.72. The van der Waals surface area contributed by atoms with Gasteiger partial charge < -0.3 is 10.6 Å². The second-order valence-electron chi connectivity index (χ2n) is 6.13.